The van der Waals surface area contributed by atoms with Crippen molar-refractivity contribution in [3.05, 3.63) is 11.9 Å². The van der Waals surface area contributed by atoms with Gasteiger partial charge in [0.25, 0.3) is 0 Å². The largest absolute Gasteiger partial charge is 0.383 e. The second-order valence-electron chi connectivity index (χ2n) is 4.81. The van der Waals surface area contributed by atoms with Crippen LogP contribution in [0.4, 0.5) is 11.6 Å². The van der Waals surface area contributed by atoms with Gasteiger partial charge >= 0.3 is 0 Å². The van der Waals surface area contributed by atoms with Crippen molar-refractivity contribution < 1.29 is 0 Å². The van der Waals surface area contributed by atoms with Gasteiger partial charge in [-0.25, -0.2) is 9.97 Å². The Morgan fingerprint density at radius 1 is 1.44 bits per heavy atom. The van der Waals surface area contributed by atoms with Crippen molar-refractivity contribution in [2.45, 2.75) is 50.3 Å². The number of nitrogens with zero attached hydrogens (tertiary/aromatic N) is 2. The molecule has 5 heteroatoms. The SMILES string of the molecule is CCc1c(N)ncnc1NC1CCCC(SC)C1. The average molecular weight is 266 g/mol. The first-order chi connectivity index (χ1) is 8.74. The van der Waals surface area contributed by atoms with Crippen LogP contribution in [0.15, 0.2) is 6.33 Å². The summed E-state index contributed by atoms with van der Waals surface area (Å²) in [5.74, 6) is 1.53. The minimum Gasteiger partial charge on any atom is -0.383 e. The molecule has 18 heavy (non-hydrogen) atoms. The molecule has 1 aliphatic rings. The Kier molecular flexibility index (Phi) is 4.69. The van der Waals surface area contributed by atoms with Gasteiger partial charge in [0, 0.05) is 16.9 Å². The van der Waals surface area contributed by atoms with Crippen LogP contribution in [0.25, 0.3) is 0 Å². The zero-order valence-electron chi connectivity index (χ0n) is 11.1. The molecule has 1 fully saturated rings. The Balaban J connectivity index is 2.07. The maximum Gasteiger partial charge on any atom is 0.134 e. The Labute approximate surface area is 113 Å². The molecule has 1 aromatic rings. The van der Waals surface area contributed by atoms with Gasteiger partial charge in [0.2, 0.25) is 0 Å². The molecular formula is C13H22N4S. The van der Waals surface area contributed by atoms with Gasteiger partial charge in [-0.15, -0.1) is 0 Å². The average Bonchev–Trinajstić information content (AvgIpc) is 2.39. The summed E-state index contributed by atoms with van der Waals surface area (Å²) in [5.41, 5.74) is 6.94. The second kappa shape index (κ2) is 6.27. The van der Waals surface area contributed by atoms with E-state index in [9.17, 15) is 0 Å². The number of anilines is 2. The lowest BCUT2D eigenvalue weighted by Crippen LogP contribution is -2.29. The van der Waals surface area contributed by atoms with Crippen LogP contribution in [0.1, 0.15) is 38.2 Å². The van der Waals surface area contributed by atoms with Crippen LogP contribution in [0, 0.1) is 0 Å². The molecule has 0 aliphatic heterocycles. The molecule has 1 aromatic heterocycles. The summed E-state index contributed by atoms with van der Waals surface area (Å²) in [7, 11) is 0. The molecule has 0 saturated heterocycles. The second-order valence-corrected chi connectivity index (χ2v) is 5.94. The van der Waals surface area contributed by atoms with E-state index in [1.54, 1.807) is 6.33 Å². The number of nitrogens with one attached hydrogen (secondary N) is 1. The van der Waals surface area contributed by atoms with Crippen molar-refractivity contribution in [2.24, 2.45) is 0 Å². The molecule has 0 bridgehead atoms. The fraction of sp³-hybridized carbons (Fsp3) is 0.692. The molecule has 2 unspecified atom stereocenters. The van der Waals surface area contributed by atoms with E-state index in [0.29, 0.717) is 11.9 Å². The van der Waals surface area contributed by atoms with Crippen molar-refractivity contribution in [3.8, 4) is 0 Å². The van der Waals surface area contributed by atoms with Gasteiger partial charge in [-0.3, -0.25) is 0 Å². The predicted molar refractivity (Wildman–Crippen MR) is 79.0 cm³/mol. The van der Waals surface area contributed by atoms with Crippen molar-refractivity contribution in [3.63, 3.8) is 0 Å². The molecule has 1 aliphatic carbocycles. The van der Waals surface area contributed by atoms with Gasteiger partial charge in [0.15, 0.2) is 0 Å². The van der Waals surface area contributed by atoms with E-state index in [-0.39, 0.29) is 0 Å². The molecule has 0 spiro atoms. The standard InChI is InChI=1S/C13H22N4S/c1-3-11-12(14)15-8-16-13(11)17-9-5-4-6-10(7-9)18-2/h8-10H,3-7H2,1-2H3,(H3,14,15,16,17). The highest BCUT2D eigenvalue weighted by molar-refractivity contribution is 7.99. The van der Waals surface area contributed by atoms with E-state index in [4.69, 9.17) is 5.73 Å². The number of rotatable bonds is 4. The minimum absolute atomic E-state index is 0.524. The summed E-state index contributed by atoms with van der Waals surface area (Å²) in [6.45, 7) is 2.09. The lowest BCUT2D eigenvalue weighted by atomic mass is 9.95. The summed E-state index contributed by atoms with van der Waals surface area (Å²) < 4.78 is 0. The molecule has 1 saturated carbocycles. The molecule has 100 valence electrons. The predicted octanol–water partition coefficient (Wildman–Crippen LogP) is 2.71. The van der Waals surface area contributed by atoms with Gasteiger partial charge in [0.05, 0.1) is 0 Å². The lowest BCUT2D eigenvalue weighted by molar-refractivity contribution is 0.472. The lowest BCUT2D eigenvalue weighted by Gasteiger charge is -2.29. The third-order valence-electron chi connectivity index (χ3n) is 3.63. The monoisotopic (exact) mass is 266 g/mol. The van der Waals surface area contributed by atoms with E-state index in [0.717, 1.165) is 23.1 Å². The normalized spacial score (nSPS) is 23.9. The Morgan fingerprint density at radius 3 is 3.00 bits per heavy atom. The molecule has 0 amide bonds. The maximum atomic E-state index is 5.90. The number of hydrogen-bond donors (Lipinski definition) is 2. The van der Waals surface area contributed by atoms with Crippen LogP contribution >= 0.6 is 11.8 Å². The summed E-state index contributed by atoms with van der Waals surface area (Å²) in [4.78, 5) is 8.40. The first-order valence-electron chi connectivity index (χ1n) is 6.63. The maximum absolute atomic E-state index is 5.90. The number of nitrogens with two attached hydrogens (primary N) is 1. The summed E-state index contributed by atoms with van der Waals surface area (Å²) in [6.07, 6.45) is 9.70. The first kappa shape index (κ1) is 13.5. The van der Waals surface area contributed by atoms with Gasteiger partial charge in [-0.05, 0) is 31.9 Å². The van der Waals surface area contributed by atoms with Crippen molar-refractivity contribution in [1.29, 1.82) is 0 Å². The number of aromatic nitrogens is 2. The van der Waals surface area contributed by atoms with E-state index >= 15 is 0 Å². The summed E-state index contributed by atoms with van der Waals surface area (Å²) in [6, 6.07) is 0.524. The van der Waals surface area contributed by atoms with Crippen molar-refractivity contribution >= 4 is 23.4 Å². The number of nitrogen functional groups attached to an aromatic ring is 1. The smallest absolute Gasteiger partial charge is 0.134 e. The summed E-state index contributed by atoms with van der Waals surface area (Å²) >= 11 is 1.98. The van der Waals surface area contributed by atoms with Gasteiger partial charge < -0.3 is 11.1 Å². The molecule has 0 aromatic carbocycles. The quantitative estimate of drug-likeness (QED) is 0.877. The summed E-state index contributed by atoms with van der Waals surface area (Å²) in [5, 5.41) is 4.34. The van der Waals surface area contributed by atoms with Crippen LogP contribution in [0.2, 0.25) is 0 Å². The van der Waals surface area contributed by atoms with Crippen LogP contribution in [-0.4, -0.2) is 27.5 Å². The molecule has 2 rings (SSSR count). The molecular weight excluding hydrogens is 244 g/mol. The van der Waals surface area contributed by atoms with Gasteiger partial charge in [-0.1, -0.05) is 13.3 Å². The van der Waals surface area contributed by atoms with E-state index in [1.165, 1.54) is 25.7 Å². The molecule has 0 radical (unpaired) electrons. The van der Waals surface area contributed by atoms with E-state index in [1.807, 2.05) is 11.8 Å². The number of hydrogen-bond acceptors (Lipinski definition) is 5. The van der Waals surface area contributed by atoms with Crippen LogP contribution in [0.5, 0.6) is 0 Å². The highest BCUT2D eigenvalue weighted by Gasteiger charge is 2.22. The number of thioether (sulfide) groups is 1. The Hall–Kier alpha value is -0.970. The third kappa shape index (κ3) is 3.07. The molecule has 3 N–H and O–H groups in total. The first-order valence-corrected chi connectivity index (χ1v) is 7.92. The Bertz CT molecular complexity index is 397. The van der Waals surface area contributed by atoms with E-state index in [2.05, 4.69) is 28.5 Å². The van der Waals surface area contributed by atoms with Crippen molar-refractivity contribution in [2.75, 3.05) is 17.3 Å². The fourth-order valence-corrected chi connectivity index (χ4v) is 3.41. The molecule has 1 heterocycles. The zero-order chi connectivity index (χ0) is 13.0. The van der Waals surface area contributed by atoms with Crippen LogP contribution in [-0.2, 0) is 6.42 Å². The fourth-order valence-electron chi connectivity index (χ4n) is 2.58. The topological polar surface area (TPSA) is 63.8 Å². The molecule has 2 atom stereocenters. The van der Waals surface area contributed by atoms with Gasteiger partial charge in [-0.2, -0.15) is 11.8 Å². The highest BCUT2D eigenvalue weighted by Crippen LogP contribution is 2.29. The highest BCUT2D eigenvalue weighted by atomic mass is 32.2. The van der Waals surface area contributed by atoms with E-state index < -0.39 is 0 Å². The zero-order valence-corrected chi connectivity index (χ0v) is 12.0. The van der Waals surface area contributed by atoms with Gasteiger partial charge in [0.1, 0.15) is 18.0 Å². The minimum atomic E-state index is 0.524. The van der Waals surface area contributed by atoms with Crippen molar-refractivity contribution in [1.82, 2.24) is 9.97 Å². The van der Waals surface area contributed by atoms with Crippen LogP contribution < -0.4 is 11.1 Å². The third-order valence-corrected chi connectivity index (χ3v) is 4.73. The Morgan fingerprint density at radius 2 is 2.28 bits per heavy atom. The van der Waals surface area contributed by atoms with Crippen LogP contribution in [0.3, 0.4) is 0 Å². The molecule has 4 nitrogen and oxygen atoms in total.